The average molecular weight is 306 g/mol. The molecule has 4 nitrogen and oxygen atoms in total. The Bertz CT molecular complexity index is 581. The van der Waals surface area contributed by atoms with Gasteiger partial charge in [0, 0.05) is 16.4 Å². The molecule has 0 fully saturated rings. The molecule has 0 bridgehead atoms. The number of hydrogen-bond acceptors (Lipinski definition) is 3. The summed E-state index contributed by atoms with van der Waals surface area (Å²) in [5, 5.41) is 2.80. The van der Waals surface area contributed by atoms with Crippen LogP contribution in [-0.2, 0) is 0 Å². The molecule has 2 aromatic rings. The highest BCUT2D eigenvalue weighted by Crippen LogP contribution is 2.19. The maximum atomic E-state index is 12.0. The number of nitrogen functional groups attached to an aromatic ring is 1. The zero-order chi connectivity index (χ0) is 13.1. The zero-order valence-corrected chi connectivity index (χ0v) is 11.4. The highest BCUT2D eigenvalue weighted by atomic mass is 79.9. The Hall–Kier alpha value is -1.88. The summed E-state index contributed by atoms with van der Waals surface area (Å²) < 4.78 is 0.612. The number of hydrogen-bond donors (Lipinski definition) is 2. The van der Waals surface area contributed by atoms with E-state index in [2.05, 4.69) is 26.2 Å². The van der Waals surface area contributed by atoms with Crippen LogP contribution in [-0.4, -0.2) is 10.9 Å². The van der Waals surface area contributed by atoms with E-state index in [1.807, 2.05) is 31.2 Å². The lowest BCUT2D eigenvalue weighted by atomic mass is 10.2. The molecule has 1 aromatic carbocycles. The fourth-order valence-electron chi connectivity index (χ4n) is 1.46. The number of nitrogens with two attached hydrogens (primary N) is 1. The van der Waals surface area contributed by atoms with Crippen molar-refractivity contribution in [3.8, 4) is 0 Å². The quantitative estimate of drug-likeness (QED) is 0.896. The van der Waals surface area contributed by atoms with E-state index in [-0.39, 0.29) is 5.91 Å². The molecule has 0 aliphatic heterocycles. The number of anilines is 2. The molecule has 0 spiro atoms. The van der Waals surface area contributed by atoms with Crippen molar-refractivity contribution >= 4 is 33.3 Å². The van der Waals surface area contributed by atoms with Crippen molar-refractivity contribution in [1.29, 1.82) is 0 Å². The van der Waals surface area contributed by atoms with Gasteiger partial charge in [0.25, 0.3) is 5.91 Å². The largest absolute Gasteiger partial charge is 0.384 e. The number of halogens is 1. The minimum atomic E-state index is -0.222. The smallest absolute Gasteiger partial charge is 0.257 e. The number of rotatable bonds is 2. The number of pyridine rings is 1. The van der Waals surface area contributed by atoms with E-state index < -0.39 is 0 Å². The summed E-state index contributed by atoms with van der Waals surface area (Å²) in [6.07, 6.45) is 1.51. The third-order valence-electron chi connectivity index (χ3n) is 2.43. The second-order valence-corrected chi connectivity index (χ2v) is 4.76. The van der Waals surface area contributed by atoms with Crippen LogP contribution in [0, 0.1) is 6.92 Å². The van der Waals surface area contributed by atoms with Crippen molar-refractivity contribution in [1.82, 2.24) is 4.98 Å². The van der Waals surface area contributed by atoms with E-state index in [4.69, 9.17) is 5.73 Å². The van der Waals surface area contributed by atoms with Crippen molar-refractivity contribution in [2.45, 2.75) is 6.92 Å². The summed E-state index contributed by atoms with van der Waals surface area (Å²) in [7, 11) is 0. The standard InChI is InChI=1S/C13H12BrN3O/c1-8-2-4-9(5-3-8)17-13(18)10-6-12(15)16-7-11(10)14/h2-7H,1H3,(H2,15,16)(H,17,18). The Morgan fingerprint density at radius 1 is 1.33 bits per heavy atom. The molecule has 0 saturated heterocycles. The van der Waals surface area contributed by atoms with Crippen LogP contribution >= 0.6 is 15.9 Å². The van der Waals surface area contributed by atoms with Gasteiger partial charge in [-0.15, -0.1) is 0 Å². The van der Waals surface area contributed by atoms with Gasteiger partial charge in [0.05, 0.1) is 5.56 Å². The Morgan fingerprint density at radius 2 is 2.00 bits per heavy atom. The molecule has 0 radical (unpaired) electrons. The van der Waals surface area contributed by atoms with E-state index in [0.717, 1.165) is 11.3 Å². The van der Waals surface area contributed by atoms with Gasteiger partial charge in [-0.1, -0.05) is 17.7 Å². The van der Waals surface area contributed by atoms with Crippen molar-refractivity contribution in [3.63, 3.8) is 0 Å². The first-order valence-electron chi connectivity index (χ1n) is 5.35. The molecule has 0 aliphatic rings. The summed E-state index contributed by atoms with van der Waals surface area (Å²) in [5.41, 5.74) is 7.91. The second kappa shape index (κ2) is 5.18. The molecule has 1 aromatic heterocycles. The summed E-state index contributed by atoms with van der Waals surface area (Å²) in [4.78, 5) is 15.9. The van der Waals surface area contributed by atoms with Gasteiger partial charge in [-0.05, 0) is 41.1 Å². The van der Waals surface area contributed by atoms with Gasteiger partial charge in [0.2, 0.25) is 0 Å². The molecule has 1 heterocycles. The van der Waals surface area contributed by atoms with Gasteiger partial charge in [0.1, 0.15) is 5.82 Å². The van der Waals surface area contributed by atoms with Gasteiger partial charge < -0.3 is 11.1 Å². The lowest BCUT2D eigenvalue weighted by molar-refractivity contribution is 0.102. The number of nitrogens with one attached hydrogen (secondary N) is 1. The maximum Gasteiger partial charge on any atom is 0.257 e. The predicted molar refractivity (Wildman–Crippen MR) is 75.5 cm³/mol. The van der Waals surface area contributed by atoms with Crippen LogP contribution in [0.4, 0.5) is 11.5 Å². The van der Waals surface area contributed by atoms with Gasteiger partial charge in [-0.25, -0.2) is 4.98 Å². The minimum Gasteiger partial charge on any atom is -0.384 e. The number of amides is 1. The molecule has 5 heteroatoms. The van der Waals surface area contributed by atoms with Crippen molar-refractivity contribution in [2.75, 3.05) is 11.1 Å². The van der Waals surface area contributed by atoms with E-state index in [0.29, 0.717) is 15.9 Å². The summed E-state index contributed by atoms with van der Waals surface area (Å²) >= 11 is 3.28. The number of nitrogens with zero attached hydrogens (tertiary/aromatic N) is 1. The van der Waals surface area contributed by atoms with Crippen LogP contribution in [0.5, 0.6) is 0 Å². The number of aromatic nitrogens is 1. The Labute approximate surface area is 113 Å². The molecule has 0 aliphatic carbocycles. The normalized spacial score (nSPS) is 10.1. The molecule has 92 valence electrons. The molecule has 3 N–H and O–H groups in total. The first kappa shape index (κ1) is 12.6. The van der Waals surface area contributed by atoms with E-state index >= 15 is 0 Å². The van der Waals surface area contributed by atoms with Crippen LogP contribution in [0.25, 0.3) is 0 Å². The third kappa shape index (κ3) is 2.87. The molecule has 0 unspecified atom stereocenters. The van der Waals surface area contributed by atoms with Crippen molar-refractivity contribution < 1.29 is 4.79 Å². The number of carbonyl (C=O) groups is 1. The SMILES string of the molecule is Cc1ccc(NC(=O)c2cc(N)ncc2Br)cc1. The topological polar surface area (TPSA) is 68.0 Å². The van der Waals surface area contributed by atoms with Gasteiger partial charge >= 0.3 is 0 Å². The van der Waals surface area contributed by atoms with Crippen LogP contribution in [0.2, 0.25) is 0 Å². The van der Waals surface area contributed by atoms with Crippen LogP contribution in [0.3, 0.4) is 0 Å². The van der Waals surface area contributed by atoms with Gasteiger partial charge in [0.15, 0.2) is 0 Å². The molecule has 0 atom stereocenters. The first-order valence-corrected chi connectivity index (χ1v) is 6.14. The summed E-state index contributed by atoms with van der Waals surface area (Å²) in [6, 6.07) is 9.11. The summed E-state index contributed by atoms with van der Waals surface area (Å²) in [6.45, 7) is 1.99. The molecule has 0 saturated carbocycles. The number of benzene rings is 1. The molecule has 18 heavy (non-hydrogen) atoms. The second-order valence-electron chi connectivity index (χ2n) is 3.91. The fraction of sp³-hybridized carbons (Fsp3) is 0.0769. The highest BCUT2D eigenvalue weighted by molar-refractivity contribution is 9.10. The Kier molecular flexibility index (Phi) is 3.62. The Morgan fingerprint density at radius 3 is 2.67 bits per heavy atom. The van der Waals surface area contributed by atoms with Gasteiger partial charge in [-0.2, -0.15) is 0 Å². The van der Waals surface area contributed by atoms with E-state index in [1.165, 1.54) is 12.3 Å². The fourth-order valence-corrected chi connectivity index (χ4v) is 1.86. The van der Waals surface area contributed by atoms with E-state index in [9.17, 15) is 4.79 Å². The summed E-state index contributed by atoms with van der Waals surface area (Å²) in [5.74, 6) is 0.0899. The lowest BCUT2D eigenvalue weighted by Gasteiger charge is -2.07. The van der Waals surface area contributed by atoms with Crippen molar-refractivity contribution in [2.24, 2.45) is 0 Å². The van der Waals surface area contributed by atoms with Crippen molar-refractivity contribution in [3.05, 3.63) is 52.1 Å². The number of carbonyl (C=O) groups excluding carboxylic acids is 1. The Balaban J connectivity index is 2.21. The molecule has 2 rings (SSSR count). The lowest BCUT2D eigenvalue weighted by Crippen LogP contribution is -2.13. The highest BCUT2D eigenvalue weighted by Gasteiger charge is 2.11. The van der Waals surface area contributed by atoms with Crippen LogP contribution < -0.4 is 11.1 Å². The zero-order valence-electron chi connectivity index (χ0n) is 9.77. The van der Waals surface area contributed by atoms with Gasteiger partial charge in [-0.3, -0.25) is 4.79 Å². The predicted octanol–water partition coefficient (Wildman–Crippen LogP) is 2.99. The monoisotopic (exact) mass is 305 g/mol. The maximum absolute atomic E-state index is 12.0. The molecular weight excluding hydrogens is 294 g/mol. The van der Waals surface area contributed by atoms with Crippen LogP contribution in [0.15, 0.2) is 41.0 Å². The minimum absolute atomic E-state index is 0.222. The average Bonchev–Trinajstić information content (AvgIpc) is 2.35. The third-order valence-corrected chi connectivity index (χ3v) is 3.06. The first-order chi connectivity index (χ1) is 8.56. The van der Waals surface area contributed by atoms with Crippen LogP contribution in [0.1, 0.15) is 15.9 Å². The number of aryl methyl sites for hydroxylation is 1. The van der Waals surface area contributed by atoms with E-state index in [1.54, 1.807) is 0 Å². The molecule has 1 amide bonds. The molecular formula is C13H12BrN3O.